The molecule has 0 spiro atoms. The Bertz CT molecular complexity index is 457. The molecule has 0 aliphatic carbocycles. The molecule has 1 rings (SSSR count). The molecule has 5 nitrogen and oxygen atoms in total. The monoisotopic (exact) mass is 264 g/mol. The van der Waals surface area contributed by atoms with Crippen molar-refractivity contribution in [2.45, 2.75) is 32.4 Å². The summed E-state index contributed by atoms with van der Waals surface area (Å²) in [6, 6.07) is 8.08. The number of carboxylic acid groups (broad SMARTS) is 1. The lowest BCUT2D eigenvalue weighted by Crippen LogP contribution is -2.55. The minimum Gasteiger partial charge on any atom is -0.480 e. The molecule has 1 amide bonds. The number of nitrogens with two attached hydrogens (primary N) is 1. The maximum Gasteiger partial charge on any atom is 0.329 e. The highest BCUT2D eigenvalue weighted by atomic mass is 16.4. The number of hydrogen-bond acceptors (Lipinski definition) is 3. The largest absolute Gasteiger partial charge is 0.480 e. The number of carbonyl (C=O) groups excluding carboxylic acids is 1. The molecule has 0 saturated heterocycles. The fraction of sp³-hybridized carbons (Fsp3) is 0.429. The summed E-state index contributed by atoms with van der Waals surface area (Å²) in [5.74, 6) is -1.44. The third-order valence-electron chi connectivity index (χ3n) is 3.21. The Morgan fingerprint density at radius 3 is 2.26 bits per heavy atom. The number of nitrogens with zero attached hydrogens (tertiary/aromatic N) is 1. The molecule has 1 atom stereocenters. The van der Waals surface area contributed by atoms with E-state index in [1.54, 1.807) is 31.2 Å². The van der Waals surface area contributed by atoms with Crippen molar-refractivity contribution in [2.24, 2.45) is 5.73 Å². The average Bonchev–Trinajstić information content (AvgIpc) is 2.39. The molecule has 104 valence electrons. The van der Waals surface area contributed by atoms with E-state index < -0.39 is 17.6 Å². The fourth-order valence-corrected chi connectivity index (χ4v) is 1.91. The molecule has 5 heteroatoms. The van der Waals surface area contributed by atoms with Crippen molar-refractivity contribution >= 4 is 11.9 Å². The molecule has 0 heterocycles. The Balaban J connectivity index is 3.00. The number of likely N-dealkylation sites (N-methyl/N-ethyl adjacent to an activating group) is 1. The van der Waals surface area contributed by atoms with Crippen LogP contribution in [0.2, 0.25) is 0 Å². The number of aliphatic carboxylic acids is 1. The summed E-state index contributed by atoms with van der Waals surface area (Å²) in [6.07, 6.45) is 0. The number of carbonyl (C=O) groups is 2. The number of carboxylic acids is 1. The van der Waals surface area contributed by atoms with E-state index >= 15 is 0 Å². The smallest absolute Gasteiger partial charge is 0.329 e. The minimum absolute atomic E-state index is 0.290. The maximum absolute atomic E-state index is 12.4. The molecule has 0 saturated carbocycles. The van der Waals surface area contributed by atoms with Gasteiger partial charge in [0.05, 0.1) is 0 Å². The second-order valence-corrected chi connectivity index (χ2v) is 4.84. The summed E-state index contributed by atoms with van der Waals surface area (Å²) in [5.41, 5.74) is 5.32. The lowest BCUT2D eigenvalue weighted by atomic mass is 9.99. The maximum atomic E-state index is 12.4. The third-order valence-corrected chi connectivity index (χ3v) is 3.21. The van der Waals surface area contributed by atoms with Crippen LogP contribution in [-0.4, -0.2) is 34.0 Å². The first-order chi connectivity index (χ1) is 8.82. The van der Waals surface area contributed by atoms with Gasteiger partial charge in [0.15, 0.2) is 0 Å². The van der Waals surface area contributed by atoms with E-state index in [0.717, 1.165) is 0 Å². The van der Waals surface area contributed by atoms with E-state index in [0.29, 0.717) is 12.1 Å². The highest BCUT2D eigenvalue weighted by molar-refractivity contribution is 5.89. The molecule has 0 bridgehead atoms. The van der Waals surface area contributed by atoms with Gasteiger partial charge in [-0.25, -0.2) is 4.79 Å². The zero-order chi connectivity index (χ0) is 14.6. The number of rotatable bonds is 5. The molecule has 0 aliphatic rings. The number of hydrogen-bond donors (Lipinski definition) is 2. The topological polar surface area (TPSA) is 83.6 Å². The van der Waals surface area contributed by atoms with E-state index in [1.165, 1.54) is 18.7 Å². The van der Waals surface area contributed by atoms with Crippen LogP contribution < -0.4 is 5.73 Å². The van der Waals surface area contributed by atoms with E-state index in [1.807, 2.05) is 6.07 Å². The molecule has 3 N–H and O–H groups in total. The van der Waals surface area contributed by atoms with E-state index in [4.69, 9.17) is 5.73 Å². The van der Waals surface area contributed by atoms with Crippen LogP contribution in [0, 0.1) is 0 Å². The van der Waals surface area contributed by atoms with Gasteiger partial charge in [-0.3, -0.25) is 4.79 Å². The Morgan fingerprint density at radius 2 is 1.84 bits per heavy atom. The van der Waals surface area contributed by atoms with Crippen molar-refractivity contribution in [3.63, 3.8) is 0 Å². The fourth-order valence-electron chi connectivity index (χ4n) is 1.91. The lowest BCUT2D eigenvalue weighted by molar-refractivity contribution is -0.157. The van der Waals surface area contributed by atoms with Crippen molar-refractivity contribution in [2.75, 3.05) is 6.54 Å². The third kappa shape index (κ3) is 3.12. The van der Waals surface area contributed by atoms with Gasteiger partial charge >= 0.3 is 5.97 Å². The Kier molecular flexibility index (Phi) is 4.67. The van der Waals surface area contributed by atoms with Gasteiger partial charge in [-0.1, -0.05) is 30.3 Å². The predicted molar refractivity (Wildman–Crippen MR) is 72.5 cm³/mol. The zero-order valence-electron chi connectivity index (χ0n) is 11.5. The van der Waals surface area contributed by atoms with Crippen molar-refractivity contribution in [3.05, 3.63) is 35.9 Å². The van der Waals surface area contributed by atoms with Crippen LogP contribution in [0.1, 0.15) is 32.4 Å². The second-order valence-electron chi connectivity index (χ2n) is 4.84. The summed E-state index contributed by atoms with van der Waals surface area (Å²) in [7, 11) is 0. The van der Waals surface area contributed by atoms with Crippen molar-refractivity contribution < 1.29 is 14.7 Å². The van der Waals surface area contributed by atoms with Gasteiger partial charge in [0, 0.05) is 6.54 Å². The van der Waals surface area contributed by atoms with Crippen molar-refractivity contribution in [3.8, 4) is 0 Å². The van der Waals surface area contributed by atoms with Crippen LogP contribution >= 0.6 is 0 Å². The molecule has 1 aromatic rings. The van der Waals surface area contributed by atoms with E-state index in [2.05, 4.69) is 0 Å². The molecule has 0 radical (unpaired) electrons. The first-order valence-electron chi connectivity index (χ1n) is 6.17. The van der Waals surface area contributed by atoms with E-state index in [9.17, 15) is 14.7 Å². The summed E-state index contributed by atoms with van der Waals surface area (Å²) in [4.78, 5) is 24.9. The quantitative estimate of drug-likeness (QED) is 0.842. The molecule has 0 fully saturated rings. The Morgan fingerprint density at radius 1 is 1.32 bits per heavy atom. The predicted octanol–water partition coefficient (Wildman–Crippen LogP) is 1.40. The molecular weight excluding hydrogens is 244 g/mol. The molecule has 0 aromatic heterocycles. The van der Waals surface area contributed by atoms with Gasteiger partial charge in [0.1, 0.15) is 11.6 Å². The van der Waals surface area contributed by atoms with Gasteiger partial charge in [-0.05, 0) is 26.3 Å². The second kappa shape index (κ2) is 5.84. The van der Waals surface area contributed by atoms with Crippen LogP contribution in [-0.2, 0) is 9.59 Å². The van der Waals surface area contributed by atoms with E-state index in [-0.39, 0.29) is 5.91 Å². The van der Waals surface area contributed by atoms with Crippen LogP contribution in [0.25, 0.3) is 0 Å². The highest BCUT2D eigenvalue weighted by Gasteiger charge is 2.38. The van der Waals surface area contributed by atoms with Gasteiger partial charge in [0.25, 0.3) is 0 Å². The van der Waals surface area contributed by atoms with Gasteiger partial charge < -0.3 is 15.7 Å². The number of amides is 1. The highest BCUT2D eigenvalue weighted by Crippen LogP contribution is 2.20. The Hall–Kier alpha value is -1.88. The summed E-state index contributed by atoms with van der Waals surface area (Å²) >= 11 is 0. The molecule has 19 heavy (non-hydrogen) atoms. The average molecular weight is 264 g/mol. The van der Waals surface area contributed by atoms with Crippen LogP contribution in [0.5, 0.6) is 0 Å². The lowest BCUT2D eigenvalue weighted by Gasteiger charge is -2.36. The van der Waals surface area contributed by atoms with Crippen molar-refractivity contribution in [1.82, 2.24) is 4.90 Å². The first kappa shape index (κ1) is 15.2. The summed E-state index contributed by atoms with van der Waals surface area (Å²) in [6.45, 7) is 5.02. The van der Waals surface area contributed by atoms with Gasteiger partial charge in [-0.2, -0.15) is 0 Å². The molecule has 1 aromatic carbocycles. The molecule has 0 aliphatic heterocycles. The first-order valence-corrected chi connectivity index (χ1v) is 6.17. The SMILES string of the molecule is CCN(C(=O)[C@@H](N)c1ccccc1)C(C)(C)C(=O)O. The van der Waals surface area contributed by atoms with Crippen LogP contribution in [0.4, 0.5) is 0 Å². The summed E-state index contributed by atoms with van der Waals surface area (Å²) in [5, 5.41) is 9.21. The minimum atomic E-state index is -1.28. The molecular formula is C14H20N2O3. The van der Waals surface area contributed by atoms with Crippen LogP contribution in [0.3, 0.4) is 0 Å². The summed E-state index contributed by atoms with van der Waals surface area (Å²) < 4.78 is 0. The van der Waals surface area contributed by atoms with Gasteiger partial charge in [-0.15, -0.1) is 0 Å². The number of benzene rings is 1. The molecule has 0 unspecified atom stereocenters. The van der Waals surface area contributed by atoms with Crippen molar-refractivity contribution in [1.29, 1.82) is 0 Å². The standard InChI is InChI=1S/C14H20N2O3/c1-4-16(14(2,3)13(18)19)12(17)11(15)10-8-6-5-7-9-10/h5-9,11H,4,15H2,1-3H3,(H,18,19)/t11-/m0/s1. The zero-order valence-corrected chi connectivity index (χ0v) is 11.5. The van der Waals surface area contributed by atoms with Crippen LogP contribution in [0.15, 0.2) is 30.3 Å². The van der Waals surface area contributed by atoms with Gasteiger partial charge in [0.2, 0.25) is 5.91 Å². The normalized spacial score (nSPS) is 12.8. The Labute approximate surface area is 113 Å².